The molecule has 0 radical (unpaired) electrons. The summed E-state index contributed by atoms with van der Waals surface area (Å²) in [4.78, 5) is 12.6. The summed E-state index contributed by atoms with van der Waals surface area (Å²) in [6.07, 6.45) is 3.24. The summed E-state index contributed by atoms with van der Waals surface area (Å²) in [5.41, 5.74) is 2.20. The Bertz CT molecular complexity index is 958. The average molecular weight is 419 g/mol. The van der Waals surface area contributed by atoms with Gasteiger partial charge in [0.1, 0.15) is 6.54 Å². The maximum atomic E-state index is 12.6. The molecule has 0 aliphatic carbocycles. The lowest BCUT2D eigenvalue weighted by atomic mass is 10.1. The number of unbranched alkanes of at least 4 members (excludes halogenated alkanes) is 1. The van der Waals surface area contributed by atoms with E-state index in [4.69, 9.17) is 9.47 Å². The van der Waals surface area contributed by atoms with Crippen LogP contribution in [0.15, 0.2) is 42.5 Å². The summed E-state index contributed by atoms with van der Waals surface area (Å²) in [6.45, 7) is 3.45. The molecule has 0 unspecified atom stereocenters. The first kappa shape index (κ1) is 21.0. The maximum Gasteiger partial charge on any atom is 0.245 e. The third-order valence-corrected chi connectivity index (χ3v) is 6.43. The lowest BCUT2D eigenvalue weighted by molar-refractivity contribution is -0.114. The molecular formula is C21H26N2O5S. The second-order valence-electron chi connectivity index (χ2n) is 6.79. The number of carbonyl (C=O) groups is 1. The third kappa shape index (κ3) is 5.20. The number of hydrogen-bond donors (Lipinski definition) is 1. The standard InChI is InChI=1S/C21H26N2O5S/c1-3-5-6-16-7-9-17(10-8-16)22-21(24)14-23(29(25,26)4-2)18-11-12-19-20(13-18)28-15-27-19/h7-13H,3-6,14-15H2,1-2H3,(H,22,24). The van der Waals surface area contributed by atoms with Crippen molar-refractivity contribution in [1.29, 1.82) is 0 Å². The van der Waals surface area contributed by atoms with Crippen LogP contribution in [0.5, 0.6) is 11.5 Å². The first-order valence-electron chi connectivity index (χ1n) is 9.71. The number of carbonyl (C=O) groups excluding carboxylic acids is 1. The number of amides is 1. The fourth-order valence-electron chi connectivity index (χ4n) is 3.01. The molecule has 2 aromatic carbocycles. The summed E-state index contributed by atoms with van der Waals surface area (Å²) in [5, 5.41) is 2.77. The second kappa shape index (κ2) is 9.17. The fraction of sp³-hybridized carbons (Fsp3) is 0.381. The second-order valence-corrected chi connectivity index (χ2v) is 8.98. The third-order valence-electron chi connectivity index (χ3n) is 4.69. The highest BCUT2D eigenvalue weighted by Gasteiger charge is 2.25. The minimum Gasteiger partial charge on any atom is -0.454 e. The van der Waals surface area contributed by atoms with E-state index < -0.39 is 15.9 Å². The van der Waals surface area contributed by atoms with Gasteiger partial charge in [-0.05, 0) is 49.6 Å². The molecule has 1 heterocycles. The Balaban J connectivity index is 1.73. The largest absolute Gasteiger partial charge is 0.454 e. The predicted octanol–water partition coefficient (Wildman–Crippen LogP) is 3.55. The molecule has 0 atom stereocenters. The summed E-state index contributed by atoms with van der Waals surface area (Å²) in [6, 6.07) is 12.4. The zero-order valence-electron chi connectivity index (χ0n) is 16.7. The highest BCUT2D eigenvalue weighted by atomic mass is 32.2. The topological polar surface area (TPSA) is 84.9 Å². The molecule has 1 aliphatic rings. The van der Waals surface area contributed by atoms with E-state index >= 15 is 0 Å². The van der Waals surface area contributed by atoms with Crippen LogP contribution in [-0.4, -0.2) is 33.4 Å². The minimum absolute atomic E-state index is 0.0913. The Labute approximate surface area is 171 Å². The molecule has 1 aliphatic heterocycles. The van der Waals surface area contributed by atoms with Gasteiger partial charge in [0.25, 0.3) is 0 Å². The van der Waals surface area contributed by atoms with Crippen LogP contribution in [0.3, 0.4) is 0 Å². The Morgan fingerprint density at radius 3 is 2.48 bits per heavy atom. The Kier molecular flexibility index (Phi) is 6.64. The normalized spacial score (nSPS) is 12.6. The van der Waals surface area contributed by atoms with E-state index in [1.54, 1.807) is 25.1 Å². The first-order valence-corrected chi connectivity index (χ1v) is 11.3. The molecule has 2 aromatic rings. The van der Waals surface area contributed by atoms with E-state index in [0.29, 0.717) is 22.9 Å². The van der Waals surface area contributed by atoms with Crippen molar-refractivity contribution in [1.82, 2.24) is 0 Å². The quantitative estimate of drug-likeness (QED) is 0.673. The molecular weight excluding hydrogens is 392 g/mol. The molecule has 0 saturated carbocycles. The predicted molar refractivity (Wildman–Crippen MR) is 113 cm³/mol. The van der Waals surface area contributed by atoms with Crippen molar-refractivity contribution in [3.8, 4) is 11.5 Å². The van der Waals surface area contributed by atoms with Crippen molar-refractivity contribution >= 4 is 27.3 Å². The van der Waals surface area contributed by atoms with Crippen molar-refractivity contribution < 1.29 is 22.7 Å². The number of rotatable bonds is 9. The van der Waals surface area contributed by atoms with Crippen LogP contribution in [0.1, 0.15) is 32.3 Å². The summed E-state index contributed by atoms with van der Waals surface area (Å²) < 4.78 is 36.9. The van der Waals surface area contributed by atoms with Gasteiger partial charge in [-0.1, -0.05) is 25.5 Å². The molecule has 0 aromatic heterocycles. The Hall–Kier alpha value is -2.74. The van der Waals surface area contributed by atoms with Crippen LogP contribution in [0, 0.1) is 0 Å². The van der Waals surface area contributed by atoms with E-state index in [1.807, 2.05) is 24.3 Å². The van der Waals surface area contributed by atoms with E-state index in [2.05, 4.69) is 12.2 Å². The van der Waals surface area contributed by atoms with E-state index in [1.165, 1.54) is 5.56 Å². The van der Waals surface area contributed by atoms with Crippen LogP contribution in [0.4, 0.5) is 11.4 Å². The van der Waals surface area contributed by atoms with Crippen molar-refractivity contribution in [2.24, 2.45) is 0 Å². The van der Waals surface area contributed by atoms with Crippen molar-refractivity contribution in [3.05, 3.63) is 48.0 Å². The minimum atomic E-state index is -3.66. The average Bonchev–Trinajstić information content (AvgIpc) is 3.19. The molecule has 1 N–H and O–H groups in total. The monoisotopic (exact) mass is 418 g/mol. The summed E-state index contributed by atoms with van der Waals surface area (Å²) >= 11 is 0. The van der Waals surface area contributed by atoms with Crippen LogP contribution in [-0.2, 0) is 21.2 Å². The van der Waals surface area contributed by atoms with E-state index in [-0.39, 0.29) is 19.1 Å². The van der Waals surface area contributed by atoms with Crippen LogP contribution >= 0.6 is 0 Å². The smallest absolute Gasteiger partial charge is 0.245 e. The number of fused-ring (bicyclic) bond motifs is 1. The highest BCUT2D eigenvalue weighted by molar-refractivity contribution is 7.92. The number of sulfonamides is 1. The van der Waals surface area contributed by atoms with Gasteiger partial charge in [0.05, 0.1) is 11.4 Å². The summed E-state index contributed by atoms with van der Waals surface area (Å²) in [7, 11) is -3.66. The Morgan fingerprint density at radius 1 is 1.07 bits per heavy atom. The fourth-order valence-corrected chi connectivity index (χ4v) is 4.07. The number of benzene rings is 2. The van der Waals surface area contributed by atoms with Crippen molar-refractivity contribution in [3.63, 3.8) is 0 Å². The van der Waals surface area contributed by atoms with Gasteiger partial charge in [-0.25, -0.2) is 8.42 Å². The van der Waals surface area contributed by atoms with Gasteiger partial charge in [-0.15, -0.1) is 0 Å². The van der Waals surface area contributed by atoms with Gasteiger partial charge in [0, 0.05) is 11.8 Å². The van der Waals surface area contributed by atoms with Gasteiger partial charge in [0.15, 0.2) is 11.5 Å². The molecule has 0 spiro atoms. The van der Waals surface area contributed by atoms with E-state index in [9.17, 15) is 13.2 Å². The number of anilines is 2. The van der Waals surface area contributed by atoms with Crippen molar-refractivity contribution in [2.45, 2.75) is 33.1 Å². The summed E-state index contributed by atoms with van der Waals surface area (Å²) in [5.74, 6) is 0.471. The van der Waals surface area contributed by atoms with Crippen molar-refractivity contribution in [2.75, 3.05) is 28.7 Å². The molecule has 8 heteroatoms. The lowest BCUT2D eigenvalue weighted by Crippen LogP contribution is -2.39. The van der Waals surface area contributed by atoms with Gasteiger partial charge in [-0.2, -0.15) is 0 Å². The number of nitrogens with zero attached hydrogens (tertiary/aromatic N) is 1. The van der Waals surface area contributed by atoms with Gasteiger partial charge in [0.2, 0.25) is 22.7 Å². The number of hydrogen-bond acceptors (Lipinski definition) is 5. The molecule has 3 rings (SSSR count). The molecule has 7 nitrogen and oxygen atoms in total. The van der Waals surface area contributed by atoms with E-state index in [0.717, 1.165) is 23.6 Å². The number of nitrogens with one attached hydrogen (secondary N) is 1. The zero-order chi connectivity index (χ0) is 20.9. The molecule has 1 amide bonds. The molecule has 156 valence electrons. The van der Waals surface area contributed by atoms with Crippen LogP contribution in [0.2, 0.25) is 0 Å². The Morgan fingerprint density at radius 2 is 1.79 bits per heavy atom. The molecule has 0 saturated heterocycles. The first-order chi connectivity index (χ1) is 13.9. The van der Waals surface area contributed by atoms with Gasteiger partial charge in [-0.3, -0.25) is 9.10 Å². The van der Waals surface area contributed by atoms with Gasteiger partial charge < -0.3 is 14.8 Å². The molecule has 29 heavy (non-hydrogen) atoms. The highest BCUT2D eigenvalue weighted by Crippen LogP contribution is 2.36. The van der Waals surface area contributed by atoms with Crippen LogP contribution in [0.25, 0.3) is 0 Å². The zero-order valence-corrected chi connectivity index (χ0v) is 17.5. The van der Waals surface area contributed by atoms with Gasteiger partial charge >= 0.3 is 0 Å². The number of ether oxygens (including phenoxy) is 2. The number of aryl methyl sites for hydroxylation is 1. The van der Waals surface area contributed by atoms with Crippen LogP contribution < -0.4 is 19.1 Å². The SMILES string of the molecule is CCCCc1ccc(NC(=O)CN(c2ccc3c(c2)OCO3)S(=O)(=O)CC)cc1. The molecule has 0 bridgehead atoms. The lowest BCUT2D eigenvalue weighted by Gasteiger charge is -2.23. The maximum absolute atomic E-state index is 12.6. The molecule has 0 fully saturated rings.